The first-order valence-electron chi connectivity index (χ1n) is 18.3. The molecule has 3 atom stereocenters. The molecule has 11 nitrogen and oxygen atoms in total. The van der Waals surface area contributed by atoms with Crippen molar-refractivity contribution in [3.63, 3.8) is 0 Å². The van der Waals surface area contributed by atoms with Crippen LogP contribution in [0.15, 0.2) is 54.0 Å². The van der Waals surface area contributed by atoms with Gasteiger partial charge in [-0.15, -0.1) is 11.3 Å². The van der Waals surface area contributed by atoms with Crippen molar-refractivity contribution in [1.29, 1.82) is 0 Å². The van der Waals surface area contributed by atoms with E-state index in [9.17, 15) is 19.5 Å². The summed E-state index contributed by atoms with van der Waals surface area (Å²) in [5.74, 6) is -0.320. The Morgan fingerprint density at radius 2 is 1.67 bits per heavy atom. The second kappa shape index (κ2) is 17.8. The lowest BCUT2D eigenvalue weighted by Crippen LogP contribution is -2.58. The van der Waals surface area contributed by atoms with Crippen molar-refractivity contribution in [3.8, 4) is 16.2 Å². The van der Waals surface area contributed by atoms with Crippen LogP contribution in [0.1, 0.15) is 76.6 Å². The number of aliphatic hydroxyl groups is 1. The van der Waals surface area contributed by atoms with Crippen LogP contribution in [0.2, 0.25) is 0 Å². The van der Waals surface area contributed by atoms with Gasteiger partial charge in [-0.2, -0.15) is 0 Å². The predicted octanol–water partition coefficient (Wildman–Crippen LogP) is 5.17. The number of nitrogens with zero attached hydrogens (tertiary/aromatic N) is 2. The fraction of sp³-hybridized carbons (Fsp3) is 0.550. The van der Waals surface area contributed by atoms with E-state index in [1.54, 1.807) is 11.3 Å². The molecule has 52 heavy (non-hydrogen) atoms. The first-order valence-corrected chi connectivity index (χ1v) is 19.2. The van der Waals surface area contributed by atoms with Crippen molar-refractivity contribution in [2.24, 2.45) is 5.41 Å². The zero-order valence-electron chi connectivity index (χ0n) is 31.1. The van der Waals surface area contributed by atoms with E-state index in [2.05, 4.69) is 34.7 Å². The summed E-state index contributed by atoms with van der Waals surface area (Å²) in [5, 5.41) is 16.2. The van der Waals surface area contributed by atoms with Gasteiger partial charge in [-0.05, 0) is 65.8 Å². The van der Waals surface area contributed by atoms with E-state index in [4.69, 9.17) is 14.2 Å². The van der Waals surface area contributed by atoms with Crippen LogP contribution < -0.4 is 15.4 Å². The molecule has 3 N–H and O–H groups in total. The van der Waals surface area contributed by atoms with Crippen LogP contribution in [0.3, 0.4) is 0 Å². The van der Waals surface area contributed by atoms with E-state index in [1.807, 2.05) is 69.6 Å². The molecule has 0 radical (unpaired) electrons. The molecule has 2 aromatic carbocycles. The van der Waals surface area contributed by atoms with E-state index >= 15 is 0 Å². The number of aryl methyl sites for hydroxylation is 1. The number of amides is 3. The number of carbonyl (C=O) groups excluding carboxylic acids is 3. The van der Waals surface area contributed by atoms with Crippen molar-refractivity contribution in [3.05, 3.63) is 70.9 Å². The molecule has 3 amide bonds. The van der Waals surface area contributed by atoms with Gasteiger partial charge in [0, 0.05) is 45.8 Å². The molecule has 1 saturated carbocycles. The van der Waals surface area contributed by atoms with Crippen LogP contribution in [-0.2, 0) is 35.8 Å². The minimum atomic E-state index is -0.920. The van der Waals surface area contributed by atoms with Crippen LogP contribution in [0.25, 0.3) is 10.4 Å². The van der Waals surface area contributed by atoms with Gasteiger partial charge < -0.3 is 34.9 Å². The number of hydrogen-bond acceptors (Lipinski definition) is 9. The molecule has 1 aliphatic heterocycles. The molecule has 282 valence electrons. The van der Waals surface area contributed by atoms with E-state index in [-0.39, 0.29) is 32.0 Å². The summed E-state index contributed by atoms with van der Waals surface area (Å²) in [5.41, 5.74) is 5.84. The summed E-state index contributed by atoms with van der Waals surface area (Å²) in [6.07, 6.45) is 3.17. The lowest BCUT2D eigenvalue weighted by Gasteiger charge is -2.35. The molecule has 0 bridgehead atoms. The summed E-state index contributed by atoms with van der Waals surface area (Å²) < 4.78 is 17.1. The Hall–Kier alpha value is -3.84. The third-order valence-corrected chi connectivity index (χ3v) is 10.8. The average Bonchev–Trinajstić information content (AvgIpc) is 3.52. The summed E-state index contributed by atoms with van der Waals surface area (Å²) in [6, 6.07) is 14.5. The van der Waals surface area contributed by atoms with Gasteiger partial charge in [0.2, 0.25) is 17.7 Å². The zero-order valence-corrected chi connectivity index (χ0v) is 31.9. The summed E-state index contributed by atoms with van der Waals surface area (Å²) in [6.45, 7) is 11.9. The van der Waals surface area contributed by atoms with Crippen molar-refractivity contribution in [2.75, 3.05) is 39.6 Å². The van der Waals surface area contributed by atoms with Crippen LogP contribution in [0.4, 0.5) is 0 Å². The van der Waals surface area contributed by atoms with Gasteiger partial charge in [0.1, 0.15) is 24.4 Å². The standard InChI is InChI=1S/C40H54N4O7S/c1-27-35(52-26-42-27)29-10-8-28(9-11-29)23-41-37(47)33-22-31(45)24-44(33)38(48)36(39(2,3)4)43-34(46)25-50-20-6-18-49-19-7-21-51-32-14-12-30(13-15-32)40(5)16-17-40/h8-15,26,31,33,36,45H,6-7,16-25H2,1-5H3,(H,41,47)(H,43,46)/t31-,33+,36-/m1/s1. The normalized spacial score (nSPS) is 18.5. The van der Waals surface area contributed by atoms with Gasteiger partial charge >= 0.3 is 0 Å². The number of hydrogen-bond donors (Lipinski definition) is 3. The fourth-order valence-corrected chi connectivity index (χ4v) is 7.11. The number of rotatable bonds is 18. The maximum Gasteiger partial charge on any atom is 0.246 e. The number of β-amino-alcohol motifs (C(OH)–C–C–N with tert-alkyl or cyclic N) is 1. The third kappa shape index (κ3) is 10.8. The first kappa shape index (κ1) is 39.4. The zero-order chi connectivity index (χ0) is 37.3. The maximum atomic E-state index is 13.8. The molecule has 1 aliphatic carbocycles. The molecule has 2 fully saturated rings. The highest BCUT2D eigenvalue weighted by atomic mass is 32.1. The Labute approximate surface area is 311 Å². The third-order valence-electron chi connectivity index (χ3n) is 9.77. The minimum absolute atomic E-state index is 0.0114. The van der Waals surface area contributed by atoms with E-state index in [0.717, 1.165) is 33.9 Å². The Morgan fingerprint density at radius 3 is 2.31 bits per heavy atom. The number of aromatic nitrogens is 1. The van der Waals surface area contributed by atoms with E-state index in [0.29, 0.717) is 38.3 Å². The van der Waals surface area contributed by atoms with Gasteiger partial charge in [0.15, 0.2) is 0 Å². The number of thiazole rings is 1. The quantitative estimate of drug-likeness (QED) is 0.152. The number of nitrogens with one attached hydrogen (secondary N) is 2. The number of ether oxygens (including phenoxy) is 3. The smallest absolute Gasteiger partial charge is 0.246 e. The van der Waals surface area contributed by atoms with Gasteiger partial charge in [0.05, 0.1) is 28.8 Å². The van der Waals surface area contributed by atoms with Gasteiger partial charge in [-0.25, -0.2) is 4.98 Å². The molecule has 0 unspecified atom stereocenters. The number of benzene rings is 2. The molecule has 3 aromatic rings. The molecule has 0 spiro atoms. The highest BCUT2D eigenvalue weighted by Crippen LogP contribution is 2.47. The molecule has 1 saturated heterocycles. The first-order chi connectivity index (χ1) is 24.8. The van der Waals surface area contributed by atoms with Crippen LogP contribution in [0.5, 0.6) is 5.75 Å². The summed E-state index contributed by atoms with van der Waals surface area (Å²) in [4.78, 5) is 46.9. The largest absolute Gasteiger partial charge is 0.494 e. The number of likely N-dealkylation sites (tertiary alicyclic amines) is 1. The SMILES string of the molecule is Cc1ncsc1-c1ccc(CNC(=O)[C@@H]2C[C@@H](O)CN2C(=O)[C@@H](NC(=O)COCCCOCCCOc2ccc(C3(C)CC3)cc2)C(C)(C)C)cc1. The van der Waals surface area contributed by atoms with Crippen molar-refractivity contribution < 1.29 is 33.7 Å². The highest BCUT2D eigenvalue weighted by molar-refractivity contribution is 7.13. The second-order valence-electron chi connectivity index (χ2n) is 15.2. The lowest BCUT2D eigenvalue weighted by atomic mass is 9.85. The Balaban J connectivity index is 0.991. The predicted molar refractivity (Wildman–Crippen MR) is 201 cm³/mol. The Bertz CT molecular complexity index is 1630. The topological polar surface area (TPSA) is 139 Å². The lowest BCUT2D eigenvalue weighted by molar-refractivity contribution is -0.144. The summed E-state index contributed by atoms with van der Waals surface area (Å²) >= 11 is 1.58. The molecule has 5 rings (SSSR count). The summed E-state index contributed by atoms with van der Waals surface area (Å²) in [7, 11) is 0. The molecule has 1 aromatic heterocycles. The Kier molecular flexibility index (Phi) is 13.5. The van der Waals surface area contributed by atoms with Crippen LogP contribution in [0, 0.1) is 12.3 Å². The van der Waals surface area contributed by atoms with Crippen molar-refractivity contribution >= 4 is 29.1 Å². The molecular weight excluding hydrogens is 681 g/mol. The van der Waals surface area contributed by atoms with Gasteiger partial charge in [-0.3, -0.25) is 14.4 Å². The molecule has 2 heterocycles. The van der Waals surface area contributed by atoms with Crippen LogP contribution in [-0.4, -0.2) is 90.5 Å². The van der Waals surface area contributed by atoms with E-state index < -0.39 is 35.4 Å². The number of aliphatic hydroxyl groups excluding tert-OH is 1. The molecular formula is C40H54N4O7S. The maximum absolute atomic E-state index is 13.8. The Morgan fingerprint density at radius 1 is 1.00 bits per heavy atom. The molecule has 2 aliphatic rings. The van der Waals surface area contributed by atoms with Crippen molar-refractivity contribution in [1.82, 2.24) is 20.5 Å². The van der Waals surface area contributed by atoms with Crippen LogP contribution >= 0.6 is 11.3 Å². The van der Waals surface area contributed by atoms with Gasteiger partial charge in [0.25, 0.3) is 0 Å². The van der Waals surface area contributed by atoms with Gasteiger partial charge in [-0.1, -0.05) is 64.1 Å². The van der Waals surface area contributed by atoms with E-state index in [1.165, 1.54) is 23.3 Å². The fourth-order valence-electron chi connectivity index (χ4n) is 6.29. The van der Waals surface area contributed by atoms with Crippen molar-refractivity contribution in [2.45, 2.75) is 96.9 Å². The minimum Gasteiger partial charge on any atom is -0.494 e. The monoisotopic (exact) mass is 734 g/mol. The second-order valence-corrected chi connectivity index (χ2v) is 16.1. The average molecular weight is 735 g/mol. The molecule has 12 heteroatoms. The highest BCUT2D eigenvalue weighted by Gasteiger charge is 2.44. The number of carbonyl (C=O) groups is 3.